The molecule has 0 bridgehead atoms. The second kappa shape index (κ2) is 4.11. The van der Waals surface area contributed by atoms with Crippen molar-refractivity contribution in [3.63, 3.8) is 0 Å². The van der Waals surface area contributed by atoms with Crippen molar-refractivity contribution >= 4 is 11.9 Å². The number of hydrogen-bond donors (Lipinski definition) is 3. The van der Waals surface area contributed by atoms with Gasteiger partial charge >= 0.3 is 6.03 Å². The molecule has 5 nitrogen and oxygen atoms in total. The van der Waals surface area contributed by atoms with Crippen LogP contribution in [-0.4, -0.2) is 24.0 Å². The van der Waals surface area contributed by atoms with Gasteiger partial charge in [-0.1, -0.05) is 0 Å². The highest BCUT2D eigenvalue weighted by molar-refractivity contribution is 5.85. The molecule has 1 unspecified atom stereocenters. The van der Waals surface area contributed by atoms with E-state index >= 15 is 0 Å². The maximum atomic E-state index is 11.1. The summed E-state index contributed by atoms with van der Waals surface area (Å²) in [4.78, 5) is 21.7. The van der Waals surface area contributed by atoms with Crippen LogP contribution < -0.4 is 16.4 Å². The second-order valence-electron chi connectivity index (χ2n) is 3.37. The van der Waals surface area contributed by atoms with Crippen LogP contribution in [0.5, 0.6) is 0 Å². The molecule has 0 radical (unpaired) electrons. The van der Waals surface area contributed by atoms with Gasteiger partial charge in [0, 0.05) is 6.04 Å². The molecule has 1 rings (SSSR count). The van der Waals surface area contributed by atoms with Gasteiger partial charge in [-0.3, -0.25) is 4.79 Å². The van der Waals surface area contributed by atoms with Crippen LogP contribution in [0.15, 0.2) is 0 Å². The Morgan fingerprint density at radius 3 is 2.46 bits per heavy atom. The summed E-state index contributed by atoms with van der Waals surface area (Å²) in [5, 5.41) is 5.20. The van der Waals surface area contributed by atoms with Crippen molar-refractivity contribution in [3.05, 3.63) is 0 Å². The Hall–Kier alpha value is -1.26. The third kappa shape index (κ3) is 2.93. The zero-order valence-corrected chi connectivity index (χ0v) is 7.67. The average Bonchev–Trinajstić information content (AvgIpc) is 1.96. The molecule has 1 aliphatic rings. The van der Waals surface area contributed by atoms with Gasteiger partial charge in [-0.25, -0.2) is 4.79 Å². The Morgan fingerprint density at radius 2 is 2.08 bits per heavy atom. The zero-order valence-electron chi connectivity index (χ0n) is 7.67. The van der Waals surface area contributed by atoms with Gasteiger partial charge in [0.1, 0.15) is 6.04 Å². The van der Waals surface area contributed by atoms with Crippen molar-refractivity contribution in [2.45, 2.75) is 38.3 Å². The third-order valence-electron chi connectivity index (χ3n) is 2.21. The number of carbonyl (C=O) groups excluding carboxylic acids is 2. The van der Waals surface area contributed by atoms with Crippen LogP contribution >= 0.6 is 0 Å². The molecule has 13 heavy (non-hydrogen) atoms. The fraction of sp³-hybridized carbons (Fsp3) is 0.750. The van der Waals surface area contributed by atoms with Gasteiger partial charge in [0.25, 0.3) is 0 Å². The molecule has 0 spiro atoms. The van der Waals surface area contributed by atoms with Gasteiger partial charge in [-0.05, 0) is 26.2 Å². The number of primary amides is 1. The monoisotopic (exact) mass is 185 g/mol. The fourth-order valence-corrected chi connectivity index (χ4v) is 1.05. The molecule has 0 heterocycles. The standard InChI is InChI=1S/C8H15N3O2/c1-5(7(9)12)10-8(13)11-6-3-2-4-6/h5-6H,2-4H2,1H3,(H2,9,12)(H2,10,11,13). The number of amides is 3. The fourth-order valence-electron chi connectivity index (χ4n) is 1.05. The summed E-state index contributed by atoms with van der Waals surface area (Å²) in [5.41, 5.74) is 4.98. The summed E-state index contributed by atoms with van der Waals surface area (Å²) in [6.07, 6.45) is 3.22. The molecule has 0 aliphatic heterocycles. The van der Waals surface area contributed by atoms with Crippen LogP contribution in [-0.2, 0) is 4.79 Å². The molecule has 1 fully saturated rings. The number of rotatable bonds is 3. The molecule has 1 aliphatic carbocycles. The lowest BCUT2D eigenvalue weighted by Gasteiger charge is -2.26. The molecule has 1 saturated carbocycles. The van der Waals surface area contributed by atoms with Crippen LogP contribution in [0, 0.1) is 0 Å². The van der Waals surface area contributed by atoms with Gasteiger partial charge in [-0.15, -0.1) is 0 Å². The molecule has 0 saturated heterocycles. The van der Waals surface area contributed by atoms with Crippen molar-refractivity contribution < 1.29 is 9.59 Å². The van der Waals surface area contributed by atoms with Crippen molar-refractivity contribution in [2.75, 3.05) is 0 Å². The van der Waals surface area contributed by atoms with Crippen LogP contribution in [0.4, 0.5) is 4.79 Å². The molecule has 0 aromatic rings. The topological polar surface area (TPSA) is 84.2 Å². The van der Waals surface area contributed by atoms with Crippen molar-refractivity contribution in [1.29, 1.82) is 0 Å². The Kier molecular flexibility index (Phi) is 3.11. The van der Waals surface area contributed by atoms with Gasteiger partial charge in [-0.2, -0.15) is 0 Å². The molecule has 1 atom stereocenters. The zero-order chi connectivity index (χ0) is 9.84. The first kappa shape index (κ1) is 9.83. The molecular weight excluding hydrogens is 170 g/mol. The largest absolute Gasteiger partial charge is 0.368 e. The lowest BCUT2D eigenvalue weighted by molar-refractivity contribution is -0.119. The summed E-state index contributed by atoms with van der Waals surface area (Å²) in [6, 6.07) is -0.642. The molecule has 4 N–H and O–H groups in total. The first-order valence-electron chi connectivity index (χ1n) is 4.46. The van der Waals surface area contributed by atoms with E-state index in [9.17, 15) is 9.59 Å². The second-order valence-corrected chi connectivity index (χ2v) is 3.37. The summed E-state index contributed by atoms with van der Waals surface area (Å²) in [6.45, 7) is 1.56. The summed E-state index contributed by atoms with van der Waals surface area (Å²) in [5.74, 6) is -0.524. The normalized spacial score (nSPS) is 18.5. The van der Waals surface area contributed by atoms with Crippen LogP contribution in [0.3, 0.4) is 0 Å². The summed E-state index contributed by atoms with van der Waals surface area (Å²) in [7, 11) is 0. The third-order valence-corrected chi connectivity index (χ3v) is 2.21. The highest BCUT2D eigenvalue weighted by Crippen LogP contribution is 2.17. The van der Waals surface area contributed by atoms with E-state index in [1.165, 1.54) is 0 Å². The Labute approximate surface area is 77.1 Å². The molecule has 5 heteroatoms. The molecule has 3 amide bonds. The smallest absolute Gasteiger partial charge is 0.315 e. The van der Waals surface area contributed by atoms with E-state index in [2.05, 4.69) is 10.6 Å². The van der Waals surface area contributed by atoms with E-state index in [1.54, 1.807) is 6.92 Å². The molecule has 0 aromatic carbocycles. The van der Waals surface area contributed by atoms with E-state index in [0.29, 0.717) is 0 Å². The lowest BCUT2D eigenvalue weighted by Crippen LogP contribution is -2.50. The van der Waals surface area contributed by atoms with Gasteiger partial charge in [0.2, 0.25) is 5.91 Å². The first-order valence-corrected chi connectivity index (χ1v) is 4.46. The van der Waals surface area contributed by atoms with E-state index in [1.807, 2.05) is 0 Å². The molecular formula is C8H15N3O2. The Bertz CT molecular complexity index is 213. The van der Waals surface area contributed by atoms with E-state index in [0.717, 1.165) is 19.3 Å². The highest BCUT2D eigenvalue weighted by Gasteiger charge is 2.20. The van der Waals surface area contributed by atoms with Crippen molar-refractivity contribution in [2.24, 2.45) is 5.73 Å². The lowest BCUT2D eigenvalue weighted by atomic mass is 9.93. The van der Waals surface area contributed by atoms with Gasteiger partial charge in [0.15, 0.2) is 0 Å². The average molecular weight is 185 g/mol. The Balaban J connectivity index is 2.19. The number of hydrogen-bond acceptors (Lipinski definition) is 2. The van der Waals surface area contributed by atoms with Crippen molar-refractivity contribution in [1.82, 2.24) is 10.6 Å². The van der Waals surface area contributed by atoms with Crippen molar-refractivity contribution in [3.8, 4) is 0 Å². The highest BCUT2D eigenvalue weighted by atomic mass is 16.2. The number of nitrogens with two attached hydrogens (primary N) is 1. The minimum absolute atomic E-state index is 0.278. The van der Waals surface area contributed by atoms with Gasteiger partial charge < -0.3 is 16.4 Å². The number of urea groups is 1. The van der Waals surface area contributed by atoms with Gasteiger partial charge in [0.05, 0.1) is 0 Å². The molecule has 74 valence electrons. The molecule has 0 aromatic heterocycles. The minimum atomic E-state index is -0.611. The van der Waals surface area contributed by atoms with Crippen LogP contribution in [0.25, 0.3) is 0 Å². The van der Waals surface area contributed by atoms with Crippen LogP contribution in [0.1, 0.15) is 26.2 Å². The van der Waals surface area contributed by atoms with E-state index in [-0.39, 0.29) is 12.1 Å². The number of carbonyl (C=O) groups is 2. The maximum Gasteiger partial charge on any atom is 0.315 e. The van der Waals surface area contributed by atoms with Crippen LogP contribution in [0.2, 0.25) is 0 Å². The minimum Gasteiger partial charge on any atom is -0.368 e. The van der Waals surface area contributed by atoms with E-state index < -0.39 is 11.9 Å². The maximum absolute atomic E-state index is 11.1. The predicted molar refractivity (Wildman–Crippen MR) is 48.0 cm³/mol. The quantitative estimate of drug-likeness (QED) is 0.564. The SMILES string of the molecule is CC(NC(=O)NC1CCC1)C(N)=O. The van der Waals surface area contributed by atoms with E-state index in [4.69, 9.17) is 5.73 Å². The first-order chi connectivity index (χ1) is 6.09. The Morgan fingerprint density at radius 1 is 1.46 bits per heavy atom. The summed E-state index contributed by atoms with van der Waals surface area (Å²) < 4.78 is 0. The predicted octanol–water partition coefficient (Wildman–Crippen LogP) is -0.288. The number of nitrogens with one attached hydrogen (secondary N) is 2. The summed E-state index contributed by atoms with van der Waals surface area (Å²) >= 11 is 0.